The molecule has 1 aromatic rings. The molecule has 94 valence electrons. The fourth-order valence-corrected chi connectivity index (χ4v) is 2.58. The zero-order valence-corrected chi connectivity index (χ0v) is 12.7. The van der Waals surface area contributed by atoms with Crippen molar-refractivity contribution in [3.63, 3.8) is 0 Å². The van der Waals surface area contributed by atoms with Gasteiger partial charge in [0.25, 0.3) is 0 Å². The number of benzene rings is 1. The molecule has 1 saturated heterocycles. The number of rotatable bonds is 3. The monoisotopic (exact) mass is 345 g/mol. The molecule has 0 saturated carbocycles. The lowest BCUT2D eigenvalue weighted by atomic mass is 10.1. The predicted octanol–water partition coefficient (Wildman–Crippen LogP) is 3.54. The Morgan fingerprint density at radius 1 is 1.18 bits per heavy atom. The van der Waals surface area contributed by atoms with Gasteiger partial charge in [-0.2, -0.15) is 0 Å². The molecule has 3 heteroatoms. The molecule has 1 aliphatic heterocycles. The summed E-state index contributed by atoms with van der Waals surface area (Å²) in [6.07, 6.45) is 2.68. The van der Waals surface area contributed by atoms with E-state index < -0.39 is 0 Å². The van der Waals surface area contributed by atoms with E-state index in [1.165, 1.54) is 3.57 Å². The minimum atomic E-state index is 0.394. The Bertz CT molecular complexity index is 342. The van der Waals surface area contributed by atoms with E-state index in [1.807, 2.05) is 0 Å². The Kier molecular flexibility index (Phi) is 4.68. The maximum absolute atomic E-state index is 6.01. The van der Waals surface area contributed by atoms with Gasteiger partial charge in [0.15, 0.2) is 0 Å². The molecule has 0 amide bonds. The average molecular weight is 345 g/mol. The van der Waals surface area contributed by atoms with Crippen molar-refractivity contribution in [2.45, 2.75) is 38.8 Å². The minimum absolute atomic E-state index is 0.394. The zero-order valence-electron chi connectivity index (χ0n) is 10.5. The van der Waals surface area contributed by atoms with Gasteiger partial charge in [0, 0.05) is 22.7 Å². The van der Waals surface area contributed by atoms with Gasteiger partial charge >= 0.3 is 0 Å². The molecule has 0 unspecified atom stereocenters. The highest BCUT2D eigenvalue weighted by Gasteiger charge is 2.21. The van der Waals surface area contributed by atoms with Crippen molar-refractivity contribution in [3.05, 3.63) is 27.8 Å². The summed E-state index contributed by atoms with van der Waals surface area (Å²) in [5.41, 5.74) is 0. The minimum Gasteiger partial charge on any atom is -0.490 e. The highest BCUT2D eigenvalue weighted by atomic mass is 127. The van der Waals surface area contributed by atoms with Crippen LogP contribution in [0, 0.1) is 3.57 Å². The third-order valence-corrected chi connectivity index (χ3v) is 4.04. The van der Waals surface area contributed by atoms with Gasteiger partial charge < -0.3 is 9.64 Å². The summed E-state index contributed by atoms with van der Waals surface area (Å²) in [4.78, 5) is 2.52. The molecule has 0 atom stereocenters. The number of likely N-dealkylation sites (tertiary alicyclic amines) is 1. The van der Waals surface area contributed by atoms with Crippen LogP contribution in [0.5, 0.6) is 5.75 Å². The van der Waals surface area contributed by atoms with Crippen LogP contribution >= 0.6 is 22.6 Å². The molecule has 1 aliphatic rings. The molecule has 0 spiro atoms. The average Bonchev–Trinajstić information content (AvgIpc) is 2.33. The first kappa shape index (κ1) is 13.1. The largest absolute Gasteiger partial charge is 0.490 e. The fourth-order valence-electron chi connectivity index (χ4n) is 2.22. The number of hydrogen-bond donors (Lipinski definition) is 0. The van der Waals surface area contributed by atoms with Gasteiger partial charge in [-0.25, -0.2) is 0 Å². The van der Waals surface area contributed by atoms with E-state index in [0.717, 1.165) is 31.7 Å². The van der Waals surface area contributed by atoms with E-state index in [1.54, 1.807) is 0 Å². The van der Waals surface area contributed by atoms with Crippen LogP contribution in [0.15, 0.2) is 24.3 Å². The molecule has 0 aliphatic carbocycles. The van der Waals surface area contributed by atoms with Gasteiger partial charge in [0.2, 0.25) is 0 Å². The van der Waals surface area contributed by atoms with Gasteiger partial charge in [-0.05, 0) is 73.5 Å². The highest BCUT2D eigenvalue weighted by Crippen LogP contribution is 2.20. The first-order valence-corrected chi connectivity index (χ1v) is 7.39. The third-order valence-electron chi connectivity index (χ3n) is 3.32. The van der Waals surface area contributed by atoms with Gasteiger partial charge in [-0.1, -0.05) is 0 Å². The van der Waals surface area contributed by atoms with Crippen LogP contribution in [0.25, 0.3) is 0 Å². The number of hydrogen-bond acceptors (Lipinski definition) is 2. The number of ether oxygens (including phenoxy) is 1. The molecular formula is C14H20INO. The van der Waals surface area contributed by atoms with Crippen LogP contribution in [0.2, 0.25) is 0 Å². The molecule has 1 fully saturated rings. The summed E-state index contributed by atoms with van der Waals surface area (Å²) in [5.74, 6) is 1.01. The van der Waals surface area contributed by atoms with Crippen LogP contribution in [0.1, 0.15) is 26.7 Å². The first-order chi connectivity index (χ1) is 8.15. The smallest absolute Gasteiger partial charge is 0.119 e. The maximum atomic E-state index is 6.01. The SMILES string of the molecule is CC(C)N1CCC(Oc2ccc(I)cc2)CC1. The van der Waals surface area contributed by atoms with Gasteiger partial charge in [0.1, 0.15) is 11.9 Å². The Balaban J connectivity index is 1.84. The summed E-state index contributed by atoms with van der Waals surface area (Å²) in [7, 11) is 0. The molecule has 1 aromatic carbocycles. The Morgan fingerprint density at radius 2 is 1.76 bits per heavy atom. The van der Waals surface area contributed by atoms with Crippen LogP contribution in [0.4, 0.5) is 0 Å². The standard InChI is InChI=1S/C14H20INO/c1-11(2)16-9-7-14(8-10-16)17-13-5-3-12(15)4-6-13/h3-6,11,14H,7-10H2,1-2H3. The van der Waals surface area contributed by atoms with Crippen molar-refractivity contribution in [1.82, 2.24) is 4.90 Å². The van der Waals surface area contributed by atoms with E-state index in [4.69, 9.17) is 4.74 Å². The first-order valence-electron chi connectivity index (χ1n) is 6.31. The van der Waals surface area contributed by atoms with Crippen LogP contribution < -0.4 is 4.74 Å². The second-order valence-electron chi connectivity index (χ2n) is 4.90. The van der Waals surface area contributed by atoms with E-state index in [2.05, 4.69) is 65.6 Å². The Morgan fingerprint density at radius 3 is 2.29 bits per heavy atom. The molecule has 2 nitrogen and oxygen atoms in total. The number of halogens is 1. The number of nitrogens with zero attached hydrogens (tertiary/aromatic N) is 1. The van der Waals surface area contributed by atoms with Crippen LogP contribution in [0.3, 0.4) is 0 Å². The Hall–Kier alpha value is -0.290. The highest BCUT2D eigenvalue weighted by molar-refractivity contribution is 14.1. The summed E-state index contributed by atoms with van der Waals surface area (Å²) < 4.78 is 7.26. The molecule has 0 N–H and O–H groups in total. The van der Waals surface area contributed by atoms with Gasteiger partial charge in [-0.3, -0.25) is 0 Å². The topological polar surface area (TPSA) is 12.5 Å². The molecule has 2 rings (SSSR count). The number of piperidine rings is 1. The summed E-state index contributed by atoms with van der Waals surface area (Å²) in [6.45, 7) is 6.85. The molecular weight excluding hydrogens is 325 g/mol. The van der Waals surface area contributed by atoms with Crippen molar-refractivity contribution in [3.8, 4) is 5.75 Å². The molecule has 0 aromatic heterocycles. The summed E-state index contributed by atoms with van der Waals surface area (Å²) >= 11 is 2.31. The third kappa shape index (κ3) is 3.85. The van der Waals surface area contributed by atoms with E-state index >= 15 is 0 Å². The van der Waals surface area contributed by atoms with Crippen molar-refractivity contribution < 1.29 is 4.74 Å². The van der Waals surface area contributed by atoms with E-state index in [0.29, 0.717) is 12.1 Å². The zero-order chi connectivity index (χ0) is 12.3. The molecule has 1 heterocycles. The lowest BCUT2D eigenvalue weighted by Crippen LogP contribution is -2.41. The van der Waals surface area contributed by atoms with Gasteiger partial charge in [0.05, 0.1) is 0 Å². The molecule has 17 heavy (non-hydrogen) atoms. The lowest BCUT2D eigenvalue weighted by Gasteiger charge is -2.34. The maximum Gasteiger partial charge on any atom is 0.119 e. The summed E-state index contributed by atoms with van der Waals surface area (Å²) in [5, 5.41) is 0. The lowest BCUT2D eigenvalue weighted by molar-refractivity contribution is 0.0843. The van der Waals surface area contributed by atoms with Crippen LogP contribution in [-0.2, 0) is 0 Å². The van der Waals surface area contributed by atoms with E-state index in [9.17, 15) is 0 Å². The molecule has 0 radical (unpaired) electrons. The van der Waals surface area contributed by atoms with Gasteiger partial charge in [-0.15, -0.1) is 0 Å². The second-order valence-corrected chi connectivity index (χ2v) is 6.15. The van der Waals surface area contributed by atoms with Crippen LogP contribution in [-0.4, -0.2) is 30.1 Å². The normalized spacial score (nSPS) is 18.6. The fraction of sp³-hybridized carbons (Fsp3) is 0.571. The quantitative estimate of drug-likeness (QED) is 0.777. The molecule has 0 bridgehead atoms. The second kappa shape index (κ2) is 6.05. The van der Waals surface area contributed by atoms with Crippen molar-refractivity contribution in [1.29, 1.82) is 0 Å². The Labute approximate surface area is 117 Å². The van der Waals surface area contributed by atoms with Crippen molar-refractivity contribution in [2.75, 3.05) is 13.1 Å². The van der Waals surface area contributed by atoms with Crippen molar-refractivity contribution in [2.24, 2.45) is 0 Å². The van der Waals surface area contributed by atoms with E-state index in [-0.39, 0.29) is 0 Å². The summed E-state index contributed by atoms with van der Waals surface area (Å²) in [6, 6.07) is 8.99. The predicted molar refractivity (Wildman–Crippen MR) is 79.5 cm³/mol. The van der Waals surface area contributed by atoms with Crippen molar-refractivity contribution >= 4 is 22.6 Å².